The highest BCUT2D eigenvalue weighted by Crippen LogP contribution is 2.29. The third kappa shape index (κ3) is 3.55. The number of rotatable bonds is 5. The van der Waals surface area contributed by atoms with Crippen molar-refractivity contribution in [2.75, 3.05) is 19.9 Å². The van der Waals surface area contributed by atoms with Gasteiger partial charge in [-0.15, -0.1) is 10.2 Å². The van der Waals surface area contributed by atoms with Gasteiger partial charge in [-0.1, -0.05) is 31.0 Å². The van der Waals surface area contributed by atoms with Crippen LogP contribution < -0.4 is 4.74 Å². The second kappa shape index (κ2) is 7.99. The number of pyridine rings is 1. The van der Waals surface area contributed by atoms with Crippen molar-refractivity contribution in [3.05, 3.63) is 29.8 Å². The van der Waals surface area contributed by atoms with E-state index in [0.29, 0.717) is 11.8 Å². The van der Waals surface area contributed by atoms with Gasteiger partial charge in [-0.25, -0.2) is 0 Å². The minimum Gasteiger partial charge on any atom is -0.497 e. The quantitative estimate of drug-likeness (QED) is 0.606. The highest BCUT2D eigenvalue weighted by atomic mass is 32.2. The average molecular weight is 399 g/mol. The first kappa shape index (κ1) is 19.1. The Balaban J connectivity index is 1.60. The van der Waals surface area contributed by atoms with Crippen molar-refractivity contribution in [1.29, 1.82) is 0 Å². The molecule has 148 valence electrons. The van der Waals surface area contributed by atoms with Crippen LogP contribution in [0.3, 0.4) is 0 Å². The molecule has 3 aromatic rings. The molecule has 0 radical (unpaired) electrons. The third-order valence-corrected chi connectivity index (χ3v) is 6.63. The molecule has 7 heteroatoms. The first-order chi connectivity index (χ1) is 13.6. The molecule has 4 rings (SSSR count). The van der Waals surface area contributed by atoms with E-state index in [4.69, 9.17) is 4.74 Å². The van der Waals surface area contributed by atoms with E-state index in [2.05, 4.69) is 23.2 Å². The summed E-state index contributed by atoms with van der Waals surface area (Å²) in [6.45, 7) is 2.07. The molecule has 0 aliphatic heterocycles. The Morgan fingerprint density at radius 1 is 1.25 bits per heavy atom. The monoisotopic (exact) mass is 398 g/mol. The Labute approximate surface area is 169 Å². The van der Waals surface area contributed by atoms with E-state index >= 15 is 0 Å². The van der Waals surface area contributed by atoms with E-state index in [9.17, 15) is 4.79 Å². The maximum atomic E-state index is 12.7. The molecular weight excluding hydrogens is 372 g/mol. The van der Waals surface area contributed by atoms with Crippen molar-refractivity contribution in [3.63, 3.8) is 0 Å². The number of nitrogens with zero attached hydrogens (tertiary/aromatic N) is 4. The Morgan fingerprint density at radius 2 is 2.04 bits per heavy atom. The van der Waals surface area contributed by atoms with Crippen LogP contribution in [0.25, 0.3) is 16.6 Å². The molecule has 28 heavy (non-hydrogen) atoms. The van der Waals surface area contributed by atoms with Crippen LogP contribution in [-0.4, -0.2) is 51.4 Å². The Morgan fingerprint density at radius 3 is 2.79 bits per heavy atom. The van der Waals surface area contributed by atoms with Crippen molar-refractivity contribution in [1.82, 2.24) is 19.5 Å². The van der Waals surface area contributed by atoms with Crippen molar-refractivity contribution >= 4 is 34.2 Å². The fraction of sp³-hybridized carbons (Fsp3) is 0.476. The van der Waals surface area contributed by atoms with Gasteiger partial charge in [0.15, 0.2) is 10.8 Å². The van der Waals surface area contributed by atoms with Crippen molar-refractivity contribution in [3.8, 4) is 5.75 Å². The molecule has 2 heterocycles. The summed E-state index contributed by atoms with van der Waals surface area (Å²) in [4.78, 5) is 14.7. The maximum absolute atomic E-state index is 12.7. The van der Waals surface area contributed by atoms with Crippen LogP contribution in [0.2, 0.25) is 0 Å². The molecule has 0 N–H and O–H groups in total. The molecule has 0 spiro atoms. The summed E-state index contributed by atoms with van der Waals surface area (Å²) in [7, 11) is 3.60. The van der Waals surface area contributed by atoms with E-state index in [1.165, 1.54) is 31.0 Å². The third-order valence-electron chi connectivity index (χ3n) is 5.72. The van der Waals surface area contributed by atoms with Crippen molar-refractivity contribution in [2.45, 2.75) is 50.2 Å². The fourth-order valence-electron chi connectivity index (χ4n) is 4.02. The van der Waals surface area contributed by atoms with E-state index in [-0.39, 0.29) is 5.91 Å². The van der Waals surface area contributed by atoms with E-state index in [1.807, 2.05) is 34.5 Å². The first-order valence-electron chi connectivity index (χ1n) is 9.79. The lowest BCUT2D eigenvalue weighted by atomic mass is 9.94. The van der Waals surface area contributed by atoms with Gasteiger partial charge >= 0.3 is 0 Å². The minimum atomic E-state index is 0.155. The second-order valence-electron chi connectivity index (χ2n) is 7.47. The average Bonchev–Trinajstić information content (AvgIpc) is 3.14. The zero-order chi connectivity index (χ0) is 19.7. The molecule has 1 aromatic carbocycles. The molecule has 6 nitrogen and oxygen atoms in total. The summed E-state index contributed by atoms with van der Waals surface area (Å²) in [6, 6.07) is 8.42. The van der Waals surface area contributed by atoms with Crippen LogP contribution in [0.15, 0.2) is 29.4 Å². The van der Waals surface area contributed by atoms with Crippen molar-refractivity contribution in [2.24, 2.45) is 0 Å². The highest BCUT2D eigenvalue weighted by Gasteiger charge is 2.22. The van der Waals surface area contributed by atoms with Crippen molar-refractivity contribution < 1.29 is 9.53 Å². The van der Waals surface area contributed by atoms with Gasteiger partial charge in [-0.2, -0.15) is 0 Å². The van der Waals surface area contributed by atoms with Gasteiger partial charge in [0.2, 0.25) is 5.91 Å². The summed E-state index contributed by atoms with van der Waals surface area (Å²) < 4.78 is 7.42. The van der Waals surface area contributed by atoms with Gasteiger partial charge in [0.25, 0.3) is 0 Å². The van der Waals surface area contributed by atoms with Gasteiger partial charge in [0.05, 0.1) is 18.4 Å². The van der Waals surface area contributed by atoms with Gasteiger partial charge in [0.1, 0.15) is 5.75 Å². The van der Waals surface area contributed by atoms with Crippen LogP contribution in [0, 0.1) is 6.92 Å². The molecule has 1 aliphatic carbocycles. The van der Waals surface area contributed by atoms with Crippen LogP contribution in [0.5, 0.6) is 5.75 Å². The van der Waals surface area contributed by atoms with Crippen LogP contribution in [0.4, 0.5) is 0 Å². The van der Waals surface area contributed by atoms with Gasteiger partial charge in [0, 0.05) is 24.5 Å². The predicted molar refractivity (Wildman–Crippen MR) is 112 cm³/mol. The molecule has 0 saturated heterocycles. The molecule has 0 atom stereocenters. The molecule has 0 bridgehead atoms. The number of hydrogen-bond donors (Lipinski definition) is 0. The number of carbonyl (C=O) groups excluding carboxylic acids is 1. The summed E-state index contributed by atoms with van der Waals surface area (Å²) in [6.07, 6.45) is 5.96. The number of amides is 1. The number of aryl methyl sites for hydroxylation is 1. The number of aromatic nitrogens is 3. The smallest absolute Gasteiger partial charge is 0.233 e. The zero-order valence-electron chi connectivity index (χ0n) is 16.6. The molecule has 1 saturated carbocycles. The summed E-state index contributed by atoms with van der Waals surface area (Å²) in [5.74, 6) is 1.31. The Hall–Kier alpha value is -2.28. The van der Waals surface area contributed by atoms with E-state index < -0.39 is 0 Å². The van der Waals surface area contributed by atoms with Crippen LogP contribution in [0.1, 0.15) is 37.7 Å². The van der Waals surface area contributed by atoms with E-state index in [1.54, 1.807) is 7.11 Å². The normalized spacial score (nSPS) is 15.2. The van der Waals surface area contributed by atoms with Crippen LogP contribution >= 0.6 is 11.8 Å². The summed E-state index contributed by atoms with van der Waals surface area (Å²) >= 11 is 1.45. The lowest BCUT2D eigenvalue weighted by molar-refractivity contribution is -0.129. The Bertz CT molecular complexity index is 1010. The summed E-state index contributed by atoms with van der Waals surface area (Å²) in [5, 5.41) is 10.5. The number of methoxy groups -OCH3 is 1. The fourth-order valence-corrected chi connectivity index (χ4v) is 4.90. The van der Waals surface area contributed by atoms with Gasteiger partial charge < -0.3 is 9.64 Å². The molecule has 0 unspecified atom stereocenters. The molecule has 1 amide bonds. The number of benzene rings is 1. The maximum Gasteiger partial charge on any atom is 0.233 e. The van der Waals surface area contributed by atoms with Crippen LogP contribution in [-0.2, 0) is 4.79 Å². The summed E-state index contributed by atoms with van der Waals surface area (Å²) in [5.41, 5.74) is 2.92. The zero-order valence-corrected chi connectivity index (χ0v) is 17.5. The predicted octanol–water partition coefficient (Wildman–Crippen LogP) is 4.08. The lowest BCUT2D eigenvalue weighted by Crippen LogP contribution is -2.39. The molecule has 2 aromatic heterocycles. The number of thioether (sulfide) groups is 1. The second-order valence-corrected chi connectivity index (χ2v) is 8.41. The molecule has 1 fully saturated rings. The van der Waals surface area contributed by atoms with Gasteiger partial charge in [-0.3, -0.25) is 9.20 Å². The first-order valence-corrected chi connectivity index (χ1v) is 10.8. The number of carbonyl (C=O) groups is 1. The SMILES string of the molecule is COc1ccc2c(C)cc3nnc(SCC(=O)N(C)C4CCCCC4)n3c2c1. The number of hydrogen-bond acceptors (Lipinski definition) is 5. The highest BCUT2D eigenvalue weighted by molar-refractivity contribution is 7.99. The largest absolute Gasteiger partial charge is 0.497 e. The minimum absolute atomic E-state index is 0.155. The number of fused-ring (bicyclic) bond motifs is 3. The molecule has 1 aliphatic rings. The standard InChI is InChI=1S/C21H26N4O2S/c1-14-11-19-22-23-21(25(19)18-12-16(27-3)9-10-17(14)18)28-13-20(26)24(2)15-7-5-4-6-8-15/h9-12,15H,4-8,13H2,1-3H3. The lowest BCUT2D eigenvalue weighted by Gasteiger charge is -2.31. The number of ether oxygens (including phenoxy) is 1. The topological polar surface area (TPSA) is 59.7 Å². The van der Waals surface area contributed by atoms with E-state index in [0.717, 1.165) is 45.9 Å². The van der Waals surface area contributed by atoms with Gasteiger partial charge in [-0.05, 0) is 43.5 Å². The molecular formula is C21H26N4O2S. The Kier molecular flexibility index (Phi) is 5.44.